The van der Waals surface area contributed by atoms with Crippen LogP contribution < -0.4 is 0 Å². The molecule has 0 saturated heterocycles. The van der Waals surface area contributed by atoms with Gasteiger partial charge in [0.05, 0.1) is 16.7 Å². The van der Waals surface area contributed by atoms with Crippen LogP contribution in [0, 0.1) is 0 Å². The summed E-state index contributed by atoms with van der Waals surface area (Å²) in [6.07, 6.45) is 0.859. The van der Waals surface area contributed by atoms with Crippen LogP contribution in [0.25, 0.3) is 49.4 Å². The van der Waals surface area contributed by atoms with Crippen LogP contribution in [-0.2, 0) is 11.8 Å². The van der Waals surface area contributed by atoms with E-state index in [4.69, 9.17) is 0 Å². The number of benzene rings is 8. The summed E-state index contributed by atoms with van der Waals surface area (Å²) in [5.74, 6) is 0. The monoisotopic (exact) mass is 625 g/mol. The molecule has 1 aromatic heterocycles. The lowest BCUT2D eigenvalue weighted by Crippen LogP contribution is -2.32. The largest absolute Gasteiger partial charge is 0.309 e. The maximum absolute atomic E-state index is 2.43. The van der Waals surface area contributed by atoms with Gasteiger partial charge in [-0.3, -0.25) is 0 Å². The number of nitrogens with zero attached hydrogens (tertiary/aromatic N) is 1. The van der Waals surface area contributed by atoms with E-state index in [2.05, 4.69) is 205 Å². The average molecular weight is 626 g/mol. The fourth-order valence-electron chi connectivity index (χ4n) is 8.00. The van der Waals surface area contributed by atoms with Crippen molar-refractivity contribution in [3.05, 3.63) is 222 Å². The Labute approximate surface area is 287 Å². The van der Waals surface area contributed by atoms with Crippen LogP contribution in [0.2, 0.25) is 0 Å². The van der Waals surface area contributed by atoms with Crippen LogP contribution in [0.15, 0.2) is 200 Å². The molecule has 0 aliphatic carbocycles. The molecule has 0 spiro atoms. The fraction of sp³-hybridized carbons (Fsp3) is 0.0417. The molecule has 0 atom stereocenters. The Morgan fingerprint density at radius 3 is 1.37 bits per heavy atom. The molecule has 49 heavy (non-hydrogen) atoms. The zero-order valence-corrected chi connectivity index (χ0v) is 27.2. The molecule has 0 aliphatic heterocycles. The van der Waals surface area contributed by atoms with E-state index in [9.17, 15) is 0 Å². The first-order valence-electron chi connectivity index (χ1n) is 17.1. The van der Waals surface area contributed by atoms with Crippen LogP contribution in [0.3, 0.4) is 0 Å². The topological polar surface area (TPSA) is 4.93 Å². The maximum Gasteiger partial charge on any atom is 0.0541 e. The van der Waals surface area contributed by atoms with Gasteiger partial charge in [-0.25, -0.2) is 0 Å². The first-order chi connectivity index (χ1) is 24.3. The molecule has 0 saturated carbocycles. The van der Waals surface area contributed by atoms with Gasteiger partial charge in [-0.2, -0.15) is 0 Å². The van der Waals surface area contributed by atoms with Crippen molar-refractivity contribution in [1.82, 2.24) is 4.57 Å². The molecular formula is C48H35N. The fourth-order valence-corrected chi connectivity index (χ4v) is 8.00. The summed E-state index contributed by atoms with van der Waals surface area (Å²) >= 11 is 0. The van der Waals surface area contributed by atoms with Crippen molar-refractivity contribution < 1.29 is 0 Å². The van der Waals surface area contributed by atoms with Crippen LogP contribution in [-0.4, -0.2) is 4.57 Å². The second kappa shape index (κ2) is 12.1. The second-order valence-electron chi connectivity index (χ2n) is 12.9. The van der Waals surface area contributed by atoms with Crippen molar-refractivity contribution >= 4 is 32.6 Å². The lowest BCUT2D eigenvalue weighted by atomic mass is 9.66. The highest BCUT2D eigenvalue weighted by Gasteiger charge is 2.36. The predicted molar refractivity (Wildman–Crippen MR) is 207 cm³/mol. The number of hydrogen-bond donors (Lipinski definition) is 0. The van der Waals surface area contributed by atoms with Crippen molar-refractivity contribution in [2.75, 3.05) is 0 Å². The van der Waals surface area contributed by atoms with E-state index in [1.165, 1.54) is 71.6 Å². The number of rotatable bonds is 7. The smallest absolute Gasteiger partial charge is 0.0541 e. The molecule has 9 aromatic rings. The molecule has 0 unspecified atom stereocenters. The van der Waals surface area contributed by atoms with Gasteiger partial charge in [0, 0.05) is 21.6 Å². The van der Waals surface area contributed by atoms with Crippen molar-refractivity contribution in [3.63, 3.8) is 0 Å². The van der Waals surface area contributed by atoms with Crippen LogP contribution in [0.4, 0.5) is 0 Å². The highest BCUT2D eigenvalue weighted by Crippen LogP contribution is 2.44. The number of para-hydroxylation sites is 2. The Bertz CT molecular complexity index is 2450. The Morgan fingerprint density at radius 1 is 0.347 bits per heavy atom. The number of aromatic nitrogens is 1. The summed E-state index contributed by atoms with van der Waals surface area (Å²) in [6.45, 7) is 0. The summed E-state index contributed by atoms with van der Waals surface area (Å²) < 4.78 is 2.43. The molecule has 0 amide bonds. The van der Waals surface area contributed by atoms with E-state index >= 15 is 0 Å². The van der Waals surface area contributed by atoms with E-state index in [1.54, 1.807) is 0 Å². The van der Waals surface area contributed by atoms with Gasteiger partial charge in [-0.1, -0.05) is 182 Å². The Hall–Kier alpha value is -6.18. The molecule has 8 aromatic carbocycles. The molecule has 1 nitrogen and oxygen atoms in total. The van der Waals surface area contributed by atoms with Crippen LogP contribution in [0.5, 0.6) is 0 Å². The molecule has 0 bridgehead atoms. The Balaban J connectivity index is 1.21. The van der Waals surface area contributed by atoms with Gasteiger partial charge in [0.25, 0.3) is 0 Å². The van der Waals surface area contributed by atoms with Crippen molar-refractivity contribution in [2.24, 2.45) is 0 Å². The normalized spacial score (nSPS) is 11.8. The van der Waals surface area contributed by atoms with Gasteiger partial charge in [0.15, 0.2) is 0 Å². The number of hydrogen-bond acceptors (Lipinski definition) is 0. The highest BCUT2D eigenvalue weighted by molar-refractivity contribution is 6.11. The summed E-state index contributed by atoms with van der Waals surface area (Å²) in [5, 5.41) is 5.04. The standard InChI is InChI=1S/C48H35N/c1-4-16-35(17-5-1)34-48(37-18-6-2-7-19-37,38-20-8-3-9-21-38)39-30-28-36(29-31-39)40-32-33-47(42-23-11-10-22-41(40)42)49-45-26-14-12-24-43(45)44-25-13-15-27-46(44)49/h1-33H,34H2. The molecule has 232 valence electrons. The summed E-state index contributed by atoms with van der Waals surface area (Å²) in [5.41, 5.74) is 10.9. The molecule has 1 heteroatoms. The van der Waals surface area contributed by atoms with Crippen molar-refractivity contribution in [2.45, 2.75) is 11.8 Å². The van der Waals surface area contributed by atoms with Gasteiger partial charge >= 0.3 is 0 Å². The molecule has 0 N–H and O–H groups in total. The summed E-state index contributed by atoms with van der Waals surface area (Å²) in [4.78, 5) is 0. The lowest BCUT2D eigenvalue weighted by molar-refractivity contribution is 0.613. The molecule has 0 aliphatic rings. The van der Waals surface area contributed by atoms with Crippen LogP contribution >= 0.6 is 0 Å². The van der Waals surface area contributed by atoms with Gasteiger partial charge in [-0.15, -0.1) is 0 Å². The molecule has 0 fully saturated rings. The Kier molecular flexibility index (Phi) is 7.17. The number of fused-ring (bicyclic) bond motifs is 4. The highest BCUT2D eigenvalue weighted by atomic mass is 15.0. The van der Waals surface area contributed by atoms with Crippen molar-refractivity contribution in [1.29, 1.82) is 0 Å². The molecule has 1 heterocycles. The van der Waals surface area contributed by atoms with E-state index in [1.807, 2.05) is 0 Å². The zero-order valence-electron chi connectivity index (χ0n) is 27.2. The van der Waals surface area contributed by atoms with E-state index in [-0.39, 0.29) is 5.41 Å². The average Bonchev–Trinajstić information content (AvgIpc) is 3.52. The van der Waals surface area contributed by atoms with E-state index < -0.39 is 0 Å². The van der Waals surface area contributed by atoms with Gasteiger partial charge in [0.1, 0.15) is 0 Å². The van der Waals surface area contributed by atoms with E-state index in [0.717, 1.165) is 6.42 Å². The van der Waals surface area contributed by atoms with Gasteiger partial charge in [0.2, 0.25) is 0 Å². The van der Waals surface area contributed by atoms with Gasteiger partial charge in [-0.05, 0) is 63.4 Å². The first kappa shape index (κ1) is 29.0. The third kappa shape index (κ3) is 4.86. The third-order valence-corrected chi connectivity index (χ3v) is 10.3. The summed E-state index contributed by atoms with van der Waals surface area (Å²) in [6, 6.07) is 73.2. The van der Waals surface area contributed by atoms with Crippen molar-refractivity contribution in [3.8, 4) is 16.8 Å². The third-order valence-electron chi connectivity index (χ3n) is 10.3. The molecule has 9 rings (SSSR count). The zero-order chi connectivity index (χ0) is 32.6. The maximum atomic E-state index is 2.43. The van der Waals surface area contributed by atoms with Crippen LogP contribution in [0.1, 0.15) is 22.3 Å². The minimum atomic E-state index is -0.356. The lowest BCUT2D eigenvalue weighted by Gasteiger charge is -2.36. The van der Waals surface area contributed by atoms with E-state index in [0.29, 0.717) is 0 Å². The Morgan fingerprint density at radius 2 is 0.796 bits per heavy atom. The van der Waals surface area contributed by atoms with Gasteiger partial charge < -0.3 is 4.57 Å². The minimum absolute atomic E-state index is 0.356. The quantitative estimate of drug-likeness (QED) is 0.155. The molecular weight excluding hydrogens is 591 g/mol. The SMILES string of the molecule is c1ccc(CC(c2ccccc2)(c2ccccc2)c2ccc(-c3ccc(-n4c5ccccc5c5ccccc54)c4ccccc34)cc2)cc1. The summed E-state index contributed by atoms with van der Waals surface area (Å²) in [7, 11) is 0. The molecule has 0 radical (unpaired) electrons. The predicted octanol–water partition coefficient (Wildman–Crippen LogP) is 12.2. The first-order valence-corrected chi connectivity index (χ1v) is 17.1. The second-order valence-corrected chi connectivity index (χ2v) is 12.9. The minimum Gasteiger partial charge on any atom is -0.309 e.